The van der Waals surface area contributed by atoms with Crippen LogP contribution >= 0.6 is 0 Å². The van der Waals surface area contributed by atoms with Crippen molar-refractivity contribution in [2.45, 2.75) is 26.2 Å². The van der Waals surface area contributed by atoms with Crippen LogP contribution in [0.2, 0.25) is 0 Å². The third-order valence-electron chi connectivity index (χ3n) is 4.96. The van der Waals surface area contributed by atoms with E-state index in [1.807, 2.05) is 17.0 Å². The lowest BCUT2D eigenvalue weighted by Gasteiger charge is -2.38. The number of rotatable bonds is 6. The lowest BCUT2D eigenvalue weighted by atomic mass is 9.99. The summed E-state index contributed by atoms with van der Waals surface area (Å²) in [5, 5.41) is 11.1. The molecule has 3 heterocycles. The highest BCUT2D eigenvalue weighted by molar-refractivity contribution is 5.95. The predicted molar refractivity (Wildman–Crippen MR) is 103 cm³/mol. The maximum atomic E-state index is 12.5. The number of amides is 1. The van der Waals surface area contributed by atoms with E-state index in [4.69, 9.17) is 0 Å². The van der Waals surface area contributed by atoms with Gasteiger partial charge in [-0.05, 0) is 30.5 Å². The van der Waals surface area contributed by atoms with Crippen LogP contribution in [0.4, 0.5) is 11.5 Å². The summed E-state index contributed by atoms with van der Waals surface area (Å²) in [6.45, 7) is 3.42. The number of nitrogens with one attached hydrogen (secondary N) is 1. The van der Waals surface area contributed by atoms with Gasteiger partial charge in [0.25, 0.3) is 0 Å². The van der Waals surface area contributed by atoms with Crippen molar-refractivity contribution in [2.24, 2.45) is 13.0 Å². The number of carbonyl (C=O) groups is 1. The second kappa shape index (κ2) is 7.30. The Bertz CT molecular complexity index is 944. The largest absolute Gasteiger partial charge is 0.353 e. The minimum atomic E-state index is -0.0635. The van der Waals surface area contributed by atoms with E-state index in [9.17, 15) is 4.79 Å². The smallest absolute Gasteiger partial charge is 0.231 e. The molecule has 0 radical (unpaired) electrons. The van der Waals surface area contributed by atoms with Gasteiger partial charge in [-0.25, -0.2) is 14.6 Å². The highest BCUT2D eigenvalue weighted by Gasteiger charge is 2.35. The van der Waals surface area contributed by atoms with Gasteiger partial charge in [0.1, 0.15) is 6.33 Å². The van der Waals surface area contributed by atoms with Gasteiger partial charge in [0.05, 0.1) is 5.92 Å². The fourth-order valence-electron chi connectivity index (χ4n) is 3.27. The molecule has 0 spiro atoms. The minimum absolute atomic E-state index is 0.0389. The summed E-state index contributed by atoms with van der Waals surface area (Å²) in [5.74, 6) is 0.709. The monoisotopic (exact) mass is 365 g/mol. The Morgan fingerprint density at radius 2 is 2.00 bits per heavy atom. The van der Waals surface area contributed by atoms with E-state index in [2.05, 4.69) is 44.7 Å². The summed E-state index contributed by atoms with van der Waals surface area (Å²) in [7, 11) is 1.80. The topological polar surface area (TPSA) is 88.8 Å². The van der Waals surface area contributed by atoms with E-state index in [0.29, 0.717) is 24.3 Å². The molecule has 4 rings (SSSR count). The van der Waals surface area contributed by atoms with E-state index >= 15 is 0 Å². The maximum absolute atomic E-state index is 12.5. The van der Waals surface area contributed by atoms with E-state index in [-0.39, 0.29) is 11.8 Å². The highest BCUT2D eigenvalue weighted by Crippen LogP contribution is 2.28. The number of hydrogen-bond donors (Lipinski definition) is 1. The molecule has 0 bridgehead atoms. The Kier molecular flexibility index (Phi) is 4.70. The Labute approximate surface area is 157 Å². The standard InChI is InChI=1S/C19H23N7O/c1-3-4-5-13-6-8-15(9-7-13)22-19(27)14-10-26(11-14)18-16-17(20-12-21-18)25(2)24-23-16/h6-9,12,14H,3-5,10-11H2,1-2H3,(H,22,27). The van der Waals surface area contributed by atoms with Crippen LogP contribution in [0, 0.1) is 5.92 Å². The molecule has 0 saturated carbocycles. The Hall–Kier alpha value is -3.03. The summed E-state index contributed by atoms with van der Waals surface area (Å²) >= 11 is 0. The van der Waals surface area contributed by atoms with Crippen LogP contribution in [0.5, 0.6) is 0 Å². The third-order valence-corrected chi connectivity index (χ3v) is 4.96. The van der Waals surface area contributed by atoms with Crippen molar-refractivity contribution < 1.29 is 4.79 Å². The molecule has 3 aromatic rings. The number of benzene rings is 1. The molecule has 1 N–H and O–H groups in total. The van der Waals surface area contributed by atoms with Crippen LogP contribution in [0.25, 0.3) is 11.2 Å². The van der Waals surface area contributed by atoms with Gasteiger partial charge in [0, 0.05) is 25.8 Å². The van der Waals surface area contributed by atoms with Gasteiger partial charge in [-0.2, -0.15) is 0 Å². The minimum Gasteiger partial charge on any atom is -0.353 e. The van der Waals surface area contributed by atoms with Crippen LogP contribution in [-0.2, 0) is 18.3 Å². The molecule has 1 amide bonds. The number of anilines is 2. The zero-order valence-corrected chi connectivity index (χ0v) is 15.6. The van der Waals surface area contributed by atoms with E-state index in [1.54, 1.807) is 11.7 Å². The van der Waals surface area contributed by atoms with Gasteiger partial charge in [-0.3, -0.25) is 4.79 Å². The number of carbonyl (C=O) groups excluding carboxylic acids is 1. The molecule has 1 fully saturated rings. The van der Waals surface area contributed by atoms with Crippen molar-refractivity contribution in [3.8, 4) is 0 Å². The van der Waals surface area contributed by atoms with Crippen LogP contribution in [-0.4, -0.2) is 44.0 Å². The van der Waals surface area contributed by atoms with Gasteiger partial charge in [-0.15, -0.1) is 5.10 Å². The second-order valence-electron chi connectivity index (χ2n) is 6.97. The molecule has 0 unspecified atom stereocenters. The van der Waals surface area contributed by atoms with Crippen molar-refractivity contribution >= 4 is 28.6 Å². The van der Waals surface area contributed by atoms with E-state index in [1.165, 1.54) is 24.7 Å². The van der Waals surface area contributed by atoms with Crippen LogP contribution < -0.4 is 10.2 Å². The van der Waals surface area contributed by atoms with Crippen LogP contribution in [0.3, 0.4) is 0 Å². The van der Waals surface area contributed by atoms with Gasteiger partial charge < -0.3 is 10.2 Å². The number of aryl methyl sites for hydroxylation is 2. The van der Waals surface area contributed by atoms with Crippen LogP contribution in [0.15, 0.2) is 30.6 Å². The third kappa shape index (κ3) is 3.47. The van der Waals surface area contributed by atoms with Crippen LogP contribution in [0.1, 0.15) is 25.3 Å². The number of unbranched alkanes of at least 4 members (excludes halogenated alkanes) is 1. The fourth-order valence-corrected chi connectivity index (χ4v) is 3.27. The lowest BCUT2D eigenvalue weighted by Crippen LogP contribution is -2.52. The summed E-state index contributed by atoms with van der Waals surface area (Å²) in [5.41, 5.74) is 3.51. The first kappa shape index (κ1) is 17.4. The summed E-state index contributed by atoms with van der Waals surface area (Å²) in [6.07, 6.45) is 4.96. The molecule has 1 aliphatic heterocycles. The second-order valence-corrected chi connectivity index (χ2v) is 6.97. The Balaban J connectivity index is 1.35. The first-order chi connectivity index (χ1) is 13.2. The average molecular weight is 365 g/mol. The zero-order valence-electron chi connectivity index (χ0n) is 15.6. The SMILES string of the molecule is CCCCc1ccc(NC(=O)C2CN(c3ncnc4c3nnn4C)C2)cc1. The number of aromatic nitrogens is 5. The molecule has 27 heavy (non-hydrogen) atoms. The molecule has 8 nitrogen and oxygen atoms in total. The lowest BCUT2D eigenvalue weighted by molar-refractivity contribution is -0.120. The highest BCUT2D eigenvalue weighted by atomic mass is 16.2. The number of fused-ring (bicyclic) bond motifs is 1. The van der Waals surface area contributed by atoms with Crippen molar-refractivity contribution in [3.63, 3.8) is 0 Å². The first-order valence-corrected chi connectivity index (χ1v) is 9.31. The Morgan fingerprint density at radius 3 is 2.74 bits per heavy atom. The van der Waals surface area contributed by atoms with Crippen molar-refractivity contribution in [1.29, 1.82) is 0 Å². The van der Waals surface area contributed by atoms with E-state index in [0.717, 1.165) is 17.9 Å². The zero-order chi connectivity index (χ0) is 18.8. The Morgan fingerprint density at radius 1 is 1.22 bits per heavy atom. The van der Waals surface area contributed by atoms with Gasteiger partial charge in [-0.1, -0.05) is 30.7 Å². The number of hydrogen-bond acceptors (Lipinski definition) is 6. The molecule has 2 aromatic heterocycles. The normalized spacial score (nSPS) is 14.4. The molecule has 1 aromatic carbocycles. The van der Waals surface area contributed by atoms with Crippen molar-refractivity contribution in [1.82, 2.24) is 25.0 Å². The molecular formula is C19H23N7O. The summed E-state index contributed by atoms with van der Waals surface area (Å²) in [6, 6.07) is 8.13. The summed E-state index contributed by atoms with van der Waals surface area (Å²) < 4.78 is 1.62. The molecule has 8 heteroatoms. The average Bonchev–Trinajstić information content (AvgIpc) is 3.02. The molecule has 0 atom stereocenters. The van der Waals surface area contributed by atoms with Crippen molar-refractivity contribution in [3.05, 3.63) is 36.2 Å². The first-order valence-electron chi connectivity index (χ1n) is 9.31. The molecule has 1 saturated heterocycles. The maximum Gasteiger partial charge on any atom is 0.231 e. The van der Waals surface area contributed by atoms with Crippen molar-refractivity contribution in [2.75, 3.05) is 23.3 Å². The molecular weight excluding hydrogens is 342 g/mol. The van der Waals surface area contributed by atoms with E-state index < -0.39 is 0 Å². The fraction of sp³-hybridized carbons (Fsp3) is 0.421. The molecule has 140 valence electrons. The van der Waals surface area contributed by atoms with Gasteiger partial charge >= 0.3 is 0 Å². The quantitative estimate of drug-likeness (QED) is 0.720. The predicted octanol–water partition coefficient (Wildman–Crippen LogP) is 2.18. The number of nitrogens with zero attached hydrogens (tertiary/aromatic N) is 6. The molecule has 1 aliphatic rings. The summed E-state index contributed by atoms with van der Waals surface area (Å²) in [4.78, 5) is 23.1. The van der Waals surface area contributed by atoms with Gasteiger partial charge in [0.15, 0.2) is 17.0 Å². The molecule has 0 aliphatic carbocycles. The van der Waals surface area contributed by atoms with Gasteiger partial charge in [0.2, 0.25) is 5.91 Å².